The summed E-state index contributed by atoms with van der Waals surface area (Å²) in [5.41, 5.74) is 1.86. The number of carbonyl (C=O) groups excluding carboxylic acids is 1. The second-order valence-corrected chi connectivity index (χ2v) is 7.35. The molecule has 0 unspecified atom stereocenters. The summed E-state index contributed by atoms with van der Waals surface area (Å²) in [6, 6.07) is 7.57. The van der Waals surface area contributed by atoms with Crippen LogP contribution in [0.5, 0.6) is 5.75 Å². The van der Waals surface area contributed by atoms with Gasteiger partial charge in [0.25, 0.3) is 5.91 Å². The van der Waals surface area contributed by atoms with Crippen LogP contribution in [-0.4, -0.2) is 15.2 Å². The maximum Gasteiger partial charge on any atom is 0.263 e. The lowest BCUT2D eigenvalue weighted by Gasteiger charge is -2.04. The number of amides is 1. The first kappa shape index (κ1) is 15.2. The van der Waals surface area contributed by atoms with Crippen LogP contribution < -0.4 is 10.1 Å². The van der Waals surface area contributed by atoms with Crippen LogP contribution in [0.1, 0.15) is 16.3 Å². The van der Waals surface area contributed by atoms with Gasteiger partial charge in [-0.25, -0.2) is 4.98 Å². The van der Waals surface area contributed by atoms with E-state index in [4.69, 9.17) is 17.0 Å². The van der Waals surface area contributed by atoms with Gasteiger partial charge in [-0.15, -0.1) is 11.3 Å². The summed E-state index contributed by atoms with van der Waals surface area (Å²) in [5, 5.41) is 5.62. The van der Waals surface area contributed by atoms with E-state index in [0.29, 0.717) is 15.8 Å². The molecule has 0 saturated carbocycles. The van der Waals surface area contributed by atoms with Crippen molar-refractivity contribution < 1.29 is 9.53 Å². The smallest absolute Gasteiger partial charge is 0.263 e. The van der Waals surface area contributed by atoms with Gasteiger partial charge >= 0.3 is 0 Å². The molecule has 1 aliphatic heterocycles. The van der Waals surface area contributed by atoms with Crippen molar-refractivity contribution in [1.29, 1.82) is 0 Å². The number of aromatic nitrogens is 1. The highest BCUT2D eigenvalue weighted by molar-refractivity contribution is 8.26. The fourth-order valence-electron chi connectivity index (χ4n) is 1.86. The zero-order valence-electron chi connectivity index (χ0n) is 11.7. The molecule has 2 heterocycles. The van der Waals surface area contributed by atoms with E-state index < -0.39 is 0 Å². The largest absolute Gasteiger partial charge is 0.487 e. The molecule has 1 aliphatic rings. The molecule has 1 amide bonds. The molecule has 112 valence electrons. The van der Waals surface area contributed by atoms with E-state index >= 15 is 0 Å². The van der Waals surface area contributed by atoms with Gasteiger partial charge in [0, 0.05) is 5.38 Å². The molecule has 1 saturated heterocycles. The number of hydrogen-bond acceptors (Lipinski definition) is 6. The topological polar surface area (TPSA) is 51.2 Å². The Hall–Kier alpha value is -1.70. The molecule has 4 nitrogen and oxygen atoms in total. The number of ether oxygens (including phenoxy) is 1. The lowest BCUT2D eigenvalue weighted by atomic mass is 10.2. The van der Waals surface area contributed by atoms with Gasteiger partial charge in [-0.1, -0.05) is 36.1 Å². The predicted molar refractivity (Wildman–Crippen MR) is 93.9 cm³/mol. The first-order chi connectivity index (χ1) is 10.6. The van der Waals surface area contributed by atoms with Gasteiger partial charge in [0.1, 0.15) is 16.7 Å². The zero-order valence-corrected chi connectivity index (χ0v) is 14.1. The van der Waals surface area contributed by atoms with Crippen LogP contribution in [0.25, 0.3) is 6.08 Å². The maximum absolute atomic E-state index is 11.6. The standard InChI is InChI=1S/C15H12N2O2S3/c1-9-16-11(8-21-9)7-19-12-4-2-10(3-5-12)6-13-14(18)17-15(20)22-13/h2-6,8H,7H2,1H3,(H,17,18,20). The Morgan fingerprint density at radius 3 is 2.73 bits per heavy atom. The van der Waals surface area contributed by atoms with Crippen molar-refractivity contribution in [2.24, 2.45) is 0 Å². The van der Waals surface area contributed by atoms with Crippen LogP contribution in [0.15, 0.2) is 34.6 Å². The molecule has 0 aliphatic carbocycles. The van der Waals surface area contributed by atoms with Gasteiger partial charge < -0.3 is 10.1 Å². The number of thiocarbonyl (C=S) groups is 1. The summed E-state index contributed by atoms with van der Waals surface area (Å²) >= 11 is 7.84. The third-order valence-electron chi connectivity index (χ3n) is 2.87. The molecule has 0 radical (unpaired) electrons. The molecule has 7 heteroatoms. The fourth-order valence-corrected chi connectivity index (χ4v) is 3.51. The van der Waals surface area contributed by atoms with Gasteiger partial charge in [0.2, 0.25) is 0 Å². The van der Waals surface area contributed by atoms with Crippen LogP contribution in [0.4, 0.5) is 0 Å². The Labute approximate surface area is 141 Å². The molecule has 0 spiro atoms. The van der Waals surface area contributed by atoms with Crippen molar-refractivity contribution in [3.05, 3.63) is 50.8 Å². The minimum Gasteiger partial charge on any atom is -0.487 e. The highest BCUT2D eigenvalue weighted by Crippen LogP contribution is 2.26. The molecule has 1 fully saturated rings. The summed E-state index contributed by atoms with van der Waals surface area (Å²) in [4.78, 5) is 16.6. The number of nitrogens with zero attached hydrogens (tertiary/aromatic N) is 1. The van der Waals surface area contributed by atoms with Crippen molar-refractivity contribution >= 4 is 51.6 Å². The molecular formula is C15H12N2O2S3. The first-order valence-electron chi connectivity index (χ1n) is 6.49. The van der Waals surface area contributed by atoms with Crippen molar-refractivity contribution in [3.8, 4) is 5.75 Å². The normalized spacial score (nSPS) is 16.1. The van der Waals surface area contributed by atoms with Crippen LogP contribution in [0.2, 0.25) is 0 Å². The van der Waals surface area contributed by atoms with Crippen molar-refractivity contribution in [2.45, 2.75) is 13.5 Å². The molecule has 2 aromatic rings. The van der Waals surface area contributed by atoms with E-state index in [9.17, 15) is 4.79 Å². The molecule has 1 aromatic carbocycles. The number of rotatable bonds is 4. The van der Waals surface area contributed by atoms with Crippen molar-refractivity contribution in [1.82, 2.24) is 10.3 Å². The second-order valence-electron chi connectivity index (χ2n) is 4.57. The van der Waals surface area contributed by atoms with Crippen LogP contribution in [0.3, 0.4) is 0 Å². The Bertz CT molecular complexity index is 750. The van der Waals surface area contributed by atoms with E-state index in [2.05, 4.69) is 10.3 Å². The zero-order chi connectivity index (χ0) is 15.5. The molecule has 3 rings (SSSR count). The molecule has 1 N–H and O–H groups in total. The average molecular weight is 348 g/mol. The fraction of sp³-hybridized carbons (Fsp3) is 0.133. The molecule has 0 atom stereocenters. The summed E-state index contributed by atoms with van der Waals surface area (Å²) in [5.74, 6) is 0.626. The monoisotopic (exact) mass is 348 g/mol. The number of benzene rings is 1. The maximum atomic E-state index is 11.6. The number of thiazole rings is 1. The number of thioether (sulfide) groups is 1. The van der Waals surface area contributed by atoms with E-state index in [-0.39, 0.29) is 5.91 Å². The average Bonchev–Trinajstić information content (AvgIpc) is 3.04. The van der Waals surface area contributed by atoms with E-state index in [1.807, 2.05) is 42.6 Å². The van der Waals surface area contributed by atoms with Crippen LogP contribution >= 0.6 is 35.3 Å². The number of carbonyl (C=O) groups is 1. The summed E-state index contributed by atoms with van der Waals surface area (Å²) in [6.45, 7) is 2.43. The SMILES string of the molecule is Cc1nc(COc2ccc(C=C3SC(=S)NC3=O)cc2)cs1. The lowest BCUT2D eigenvalue weighted by Crippen LogP contribution is -2.17. The van der Waals surface area contributed by atoms with E-state index in [0.717, 1.165) is 22.0 Å². The minimum absolute atomic E-state index is 0.144. The Kier molecular flexibility index (Phi) is 4.56. The van der Waals surface area contributed by atoms with E-state index in [1.165, 1.54) is 11.8 Å². The van der Waals surface area contributed by atoms with Gasteiger partial charge in [-0.3, -0.25) is 4.79 Å². The molecule has 22 heavy (non-hydrogen) atoms. The van der Waals surface area contributed by atoms with Gasteiger partial charge in [-0.2, -0.15) is 0 Å². The second kappa shape index (κ2) is 6.60. The highest BCUT2D eigenvalue weighted by atomic mass is 32.2. The lowest BCUT2D eigenvalue weighted by molar-refractivity contribution is -0.115. The van der Waals surface area contributed by atoms with Gasteiger partial charge in [0.05, 0.1) is 15.6 Å². The molecule has 1 aromatic heterocycles. The van der Waals surface area contributed by atoms with Gasteiger partial charge in [0.15, 0.2) is 0 Å². The highest BCUT2D eigenvalue weighted by Gasteiger charge is 2.21. The summed E-state index contributed by atoms with van der Waals surface area (Å²) < 4.78 is 6.18. The van der Waals surface area contributed by atoms with Gasteiger partial charge in [-0.05, 0) is 30.7 Å². The quantitative estimate of drug-likeness (QED) is 0.677. The first-order valence-corrected chi connectivity index (χ1v) is 8.59. The van der Waals surface area contributed by atoms with Crippen molar-refractivity contribution in [3.63, 3.8) is 0 Å². The number of aryl methyl sites for hydroxylation is 1. The molecule has 0 bridgehead atoms. The third kappa shape index (κ3) is 3.73. The number of nitrogens with one attached hydrogen (secondary N) is 1. The van der Waals surface area contributed by atoms with Crippen molar-refractivity contribution in [2.75, 3.05) is 0 Å². The minimum atomic E-state index is -0.144. The van der Waals surface area contributed by atoms with Crippen LogP contribution in [0, 0.1) is 6.92 Å². The Morgan fingerprint density at radius 1 is 1.36 bits per heavy atom. The summed E-state index contributed by atoms with van der Waals surface area (Å²) in [6.07, 6.45) is 1.81. The predicted octanol–water partition coefficient (Wildman–Crippen LogP) is 3.52. The summed E-state index contributed by atoms with van der Waals surface area (Å²) in [7, 11) is 0. The number of hydrogen-bond donors (Lipinski definition) is 1. The van der Waals surface area contributed by atoms with E-state index in [1.54, 1.807) is 11.3 Å². The Morgan fingerprint density at radius 2 is 2.14 bits per heavy atom. The molecular weight excluding hydrogens is 336 g/mol. The third-order valence-corrected chi connectivity index (χ3v) is 4.86. The van der Waals surface area contributed by atoms with Crippen LogP contribution in [-0.2, 0) is 11.4 Å². The Balaban J connectivity index is 1.64.